The van der Waals surface area contributed by atoms with E-state index in [4.69, 9.17) is 0 Å². The summed E-state index contributed by atoms with van der Waals surface area (Å²) in [6.45, 7) is 10.6. The van der Waals surface area contributed by atoms with Crippen LogP contribution < -0.4 is 5.32 Å². The van der Waals surface area contributed by atoms with Gasteiger partial charge >= 0.3 is 0 Å². The van der Waals surface area contributed by atoms with Gasteiger partial charge in [0.15, 0.2) is 0 Å². The molecule has 1 fully saturated rings. The molecule has 0 aromatic heterocycles. The normalized spacial score (nSPS) is 30.1. The molecular formula is C12H25N3. The summed E-state index contributed by atoms with van der Waals surface area (Å²) in [4.78, 5) is 4.99. The van der Waals surface area contributed by atoms with Crippen molar-refractivity contribution in [3.63, 3.8) is 0 Å². The minimum Gasteiger partial charge on any atom is -0.318 e. The molecule has 88 valence electrons. The van der Waals surface area contributed by atoms with Gasteiger partial charge in [-0.2, -0.15) is 0 Å². The lowest BCUT2D eigenvalue weighted by molar-refractivity contribution is 0.178. The van der Waals surface area contributed by atoms with Crippen molar-refractivity contribution < 1.29 is 0 Å². The van der Waals surface area contributed by atoms with Crippen molar-refractivity contribution in [2.75, 3.05) is 40.3 Å². The predicted octanol–water partition coefficient (Wildman–Crippen LogP) is 0.786. The number of likely N-dealkylation sites (N-methyl/N-ethyl adjacent to an activating group) is 2. The third-order valence-corrected chi connectivity index (χ3v) is 3.43. The van der Waals surface area contributed by atoms with Crippen molar-refractivity contribution in [1.82, 2.24) is 15.1 Å². The second kappa shape index (κ2) is 6.26. The van der Waals surface area contributed by atoms with Gasteiger partial charge in [-0.25, -0.2) is 0 Å². The lowest BCUT2D eigenvalue weighted by atomic mass is 10.2. The van der Waals surface area contributed by atoms with Crippen LogP contribution in [0.15, 0.2) is 12.7 Å². The van der Waals surface area contributed by atoms with Gasteiger partial charge in [-0.3, -0.25) is 9.80 Å². The quantitative estimate of drug-likeness (QED) is 0.694. The minimum atomic E-state index is 0.618. The number of nitrogens with zero attached hydrogens (tertiary/aromatic N) is 2. The zero-order valence-corrected chi connectivity index (χ0v) is 10.4. The Morgan fingerprint density at radius 3 is 2.87 bits per heavy atom. The van der Waals surface area contributed by atoms with Crippen LogP contribution >= 0.6 is 0 Å². The summed E-state index contributed by atoms with van der Waals surface area (Å²) in [7, 11) is 4.27. The van der Waals surface area contributed by atoms with E-state index in [9.17, 15) is 0 Å². The fraction of sp³-hybridized carbons (Fsp3) is 0.833. The minimum absolute atomic E-state index is 0.618. The Morgan fingerprint density at radius 2 is 2.27 bits per heavy atom. The zero-order chi connectivity index (χ0) is 11.3. The third kappa shape index (κ3) is 3.59. The van der Waals surface area contributed by atoms with Crippen molar-refractivity contribution in [2.24, 2.45) is 0 Å². The number of rotatable bonds is 4. The van der Waals surface area contributed by atoms with Crippen molar-refractivity contribution in [3.05, 3.63) is 12.7 Å². The molecule has 2 atom stereocenters. The van der Waals surface area contributed by atoms with Crippen LogP contribution in [0.3, 0.4) is 0 Å². The average molecular weight is 211 g/mol. The molecule has 15 heavy (non-hydrogen) atoms. The maximum absolute atomic E-state index is 3.82. The first-order valence-corrected chi connectivity index (χ1v) is 5.88. The van der Waals surface area contributed by atoms with E-state index in [-0.39, 0.29) is 0 Å². The Morgan fingerprint density at radius 1 is 1.53 bits per heavy atom. The first kappa shape index (κ1) is 12.7. The molecule has 0 saturated carbocycles. The maximum Gasteiger partial charge on any atom is 0.0347 e. The van der Waals surface area contributed by atoms with E-state index in [0.29, 0.717) is 12.1 Å². The molecule has 0 radical (unpaired) electrons. The molecule has 3 nitrogen and oxygen atoms in total. The lowest BCUT2D eigenvalue weighted by Gasteiger charge is -2.31. The molecule has 0 spiro atoms. The van der Waals surface area contributed by atoms with Crippen molar-refractivity contribution >= 4 is 0 Å². The van der Waals surface area contributed by atoms with Crippen molar-refractivity contribution in [1.29, 1.82) is 0 Å². The van der Waals surface area contributed by atoms with E-state index in [1.807, 2.05) is 13.1 Å². The van der Waals surface area contributed by atoms with Crippen LogP contribution in [0.4, 0.5) is 0 Å². The topological polar surface area (TPSA) is 18.5 Å². The van der Waals surface area contributed by atoms with E-state index in [0.717, 1.165) is 19.6 Å². The summed E-state index contributed by atoms with van der Waals surface area (Å²) >= 11 is 0. The van der Waals surface area contributed by atoms with Crippen LogP contribution in [0.5, 0.6) is 0 Å². The maximum atomic E-state index is 3.82. The Kier molecular flexibility index (Phi) is 5.29. The van der Waals surface area contributed by atoms with Crippen LogP contribution in [0, 0.1) is 0 Å². The molecule has 1 rings (SSSR count). The standard InChI is InChI=1S/C12H25N3/c1-5-7-15-8-6-11(2)14(4)12(10-15)9-13-3/h5,11-13H,1,6-10H2,2-4H3. The van der Waals surface area contributed by atoms with E-state index >= 15 is 0 Å². The molecular weight excluding hydrogens is 186 g/mol. The highest BCUT2D eigenvalue weighted by atomic mass is 15.3. The Hall–Kier alpha value is -0.380. The van der Waals surface area contributed by atoms with Gasteiger partial charge in [0, 0.05) is 38.3 Å². The molecule has 1 heterocycles. The monoisotopic (exact) mass is 211 g/mol. The second-order valence-electron chi connectivity index (χ2n) is 4.56. The largest absolute Gasteiger partial charge is 0.318 e. The summed E-state index contributed by atoms with van der Waals surface area (Å²) in [6, 6.07) is 1.30. The van der Waals surface area contributed by atoms with Crippen LogP contribution in [0.25, 0.3) is 0 Å². The highest BCUT2D eigenvalue weighted by Gasteiger charge is 2.25. The predicted molar refractivity (Wildman–Crippen MR) is 66.2 cm³/mol. The van der Waals surface area contributed by atoms with Gasteiger partial charge < -0.3 is 5.32 Å². The van der Waals surface area contributed by atoms with Crippen LogP contribution in [0.1, 0.15) is 13.3 Å². The van der Waals surface area contributed by atoms with E-state index in [2.05, 4.69) is 35.7 Å². The van der Waals surface area contributed by atoms with E-state index in [1.54, 1.807) is 0 Å². The SMILES string of the molecule is C=CCN1CCC(C)N(C)C(CNC)C1. The van der Waals surface area contributed by atoms with Gasteiger partial charge in [0.25, 0.3) is 0 Å². The number of hydrogen-bond donors (Lipinski definition) is 1. The highest BCUT2D eigenvalue weighted by Crippen LogP contribution is 2.13. The third-order valence-electron chi connectivity index (χ3n) is 3.43. The van der Waals surface area contributed by atoms with Gasteiger partial charge in [0.1, 0.15) is 0 Å². The van der Waals surface area contributed by atoms with Crippen molar-refractivity contribution in [2.45, 2.75) is 25.4 Å². The fourth-order valence-electron chi connectivity index (χ4n) is 2.24. The van der Waals surface area contributed by atoms with Gasteiger partial charge in [-0.15, -0.1) is 6.58 Å². The summed E-state index contributed by atoms with van der Waals surface area (Å²) in [5.74, 6) is 0. The molecule has 0 aliphatic carbocycles. The van der Waals surface area contributed by atoms with Gasteiger partial charge in [0.05, 0.1) is 0 Å². The molecule has 0 amide bonds. The first-order chi connectivity index (χ1) is 7.19. The Labute approximate surface area is 94.1 Å². The first-order valence-electron chi connectivity index (χ1n) is 5.88. The molecule has 3 heteroatoms. The fourth-order valence-corrected chi connectivity index (χ4v) is 2.24. The number of hydrogen-bond acceptors (Lipinski definition) is 3. The van der Waals surface area contributed by atoms with Gasteiger partial charge in [-0.1, -0.05) is 6.08 Å². The van der Waals surface area contributed by atoms with E-state index < -0.39 is 0 Å². The van der Waals surface area contributed by atoms with Crippen molar-refractivity contribution in [3.8, 4) is 0 Å². The smallest absolute Gasteiger partial charge is 0.0347 e. The molecule has 1 aliphatic heterocycles. The van der Waals surface area contributed by atoms with E-state index in [1.165, 1.54) is 13.0 Å². The molecule has 0 bridgehead atoms. The molecule has 0 aromatic rings. The molecule has 1 N–H and O–H groups in total. The lowest BCUT2D eigenvalue weighted by Crippen LogP contribution is -2.46. The zero-order valence-electron chi connectivity index (χ0n) is 10.4. The van der Waals surface area contributed by atoms with Crippen LogP contribution in [-0.2, 0) is 0 Å². The van der Waals surface area contributed by atoms with Crippen LogP contribution in [-0.4, -0.2) is 62.2 Å². The van der Waals surface area contributed by atoms with Gasteiger partial charge in [0.2, 0.25) is 0 Å². The summed E-state index contributed by atoms with van der Waals surface area (Å²) < 4.78 is 0. The van der Waals surface area contributed by atoms with Gasteiger partial charge in [-0.05, 0) is 27.4 Å². The second-order valence-corrected chi connectivity index (χ2v) is 4.56. The van der Waals surface area contributed by atoms with Crippen LogP contribution in [0.2, 0.25) is 0 Å². The molecule has 1 aliphatic rings. The molecule has 1 saturated heterocycles. The average Bonchev–Trinajstić information content (AvgIpc) is 2.34. The number of nitrogens with one attached hydrogen (secondary N) is 1. The Balaban J connectivity index is 2.59. The molecule has 0 aromatic carbocycles. The summed E-state index contributed by atoms with van der Waals surface area (Å²) in [5.41, 5.74) is 0. The Bertz CT molecular complexity index is 193. The highest BCUT2D eigenvalue weighted by molar-refractivity contribution is 4.86. The summed E-state index contributed by atoms with van der Waals surface area (Å²) in [5, 5.41) is 3.28. The summed E-state index contributed by atoms with van der Waals surface area (Å²) in [6.07, 6.45) is 3.26. The molecule has 2 unspecified atom stereocenters.